The maximum absolute atomic E-state index is 11.3. The molecule has 0 bridgehead atoms. The lowest BCUT2D eigenvalue weighted by molar-refractivity contribution is -0.409. The molecule has 0 amide bonds. The van der Waals surface area contributed by atoms with E-state index in [1.807, 2.05) is 48.7 Å². The summed E-state index contributed by atoms with van der Waals surface area (Å²) in [4.78, 5) is 17.2. The van der Waals surface area contributed by atoms with Crippen molar-refractivity contribution in [1.82, 2.24) is 4.98 Å². The fourth-order valence-corrected chi connectivity index (χ4v) is 3.55. The summed E-state index contributed by atoms with van der Waals surface area (Å²) < 4.78 is 5.28. The summed E-state index contributed by atoms with van der Waals surface area (Å²) in [5.41, 5.74) is 3.27. The van der Waals surface area contributed by atoms with Crippen LogP contribution in [0.4, 0.5) is 11.5 Å². The van der Waals surface area contributed by atoms with Crippen molar-refractivity contribution in [1.29, 1.82) is 0 Å². The second-order valence-electron chi connectivity index (χ2n) is 6.68. The van der Waals surface area contributed by atoms with Gasteiger partial charge in [0.05, 0.1) is 24.8 Å². The number of methoxy groups -OCH3 is 1. The Kier molecular flexibility index (Phi) is 5.11. The number of rotatable bonds is 7. The molecule has 146 valence electrons. The number of hydrogen-bond donors (Lipinski definition) is 2. The van der Waals surface area contributed by atoms with E-state index >= 15 is 0 Å². The van der Waals surface area contributed by atoms with E-state index in [0.717, 1.165) is 27.8 Å². The minimum Gasteiger partial charge on any atom is -0.497 e. The van der Waals surface area contributed by atoms with Crippen molar-refractivity contribution < 1.29 is 14.6 Å². The van der Waals surface area contributed by atoms with Gasteiger partial charge in [-0.3, -0.25) is 15.4 Å². The molecule has 29 heavy (non-hydrogen) atoms. The fourth-order valence-electron chi connectivity index (χ4n) is 3.55. The van der Waals surface area contributed by atoms with Crippen LogP contribution in [0.15, 0.2) is 73.1 Å². The minimum absolute atomic E-state index is 0.0138. The molecule has 0 spiro atoms. The minimum atomic E-state index is -0.396. The SMILES string of the molecule is COc1ccc([C@@H](CNc2[nH+]cccc2[N+](=O)[O-])c2c[nH]c3ccccc23)cc1. The highest BCUT2D eigenvalue weighted by atomic mass is 16.6. The summed E-state index contributed by atoms with van der Waals surface area (Å²) in [6.45, 7) is 0.482. The molecule has 4 rings (SSSR count). The van der Waals surface area contributed by atoms with E-state index in [2.05, 4.69) is 21.4 Å². The lowest BCUT2D eigenvalue weighted by Gasteiger charge is -2.16. The van der Waals surface area contributed by atoms with E-state index in [4.69, 9.17) is 4.74 Å². The van der Waals surface area contributed by atoms with Crippen LogP contribution in [0, 0.1) is 10.1 Å². The van der Waals surface area contributed by atoms with Crippen LogP contribution in [0.2, 0.25) is 0 Å². The first-order valence-corrected chi connectivity index (χ1v) is 9.26. The van der Waals surface area contributed by atoms with Gasteiger partial charge in [-0.25, -0.2) is 4.98 Å². The Morgan fingerprint density at radius 1 is 1.14 bits per heavy atom. The Labute approximate surface area is 167 Å². The first-order chi connectivity index (χ1) is 14.2. The van der Waals surface area contributed by atoms with Crippen molar-refractivity contribution in [2.24, 2.45) is 0 Å². The molecule has 0 aliphatic heterocycles. The Morgan fingerprint density at radius 2 is 1.93 bits per heavy atom. The van der Waals surface area contributed by atoms with Crippen molar-refractivity contribution in [3.63, 3.8) is 0 Å². The number of fused-ring (bicyclic) bond motifs is 1. The molecule has 0 saturated carbocycles. The normalized spacial score (nSPS) is 11.9. The number of benzene rings is 2. The number of aromatic nitrogens is 2. The number of anilines is 1. The van der Waals surface area contributed by atoms with Crippen LogP contribution in [0.1, 0.15) is 17.0 Å². The molecule has 0 saturated heterocycles. The van der Waals surface area contributed by atoms with Crippen LogP contribution >= 0.6 is 0 Å². The number of aromatic amines is 2. The van der Waals surface area contributed by atoms with E-state index in [0.29, 0.717) is 12.4 Å². The third-order valence-electron chi connectivity index (χ3n) is 5.03. The van der Waals surface area contributed by atoms with E-state index in [9.17, 15) is 10.1 Å². The molecule has 2 aromatic heterocycles. The van der Waals surface area contributed by atoms with Crippen molar-refractivity contribution >= 4 is 22.4 Å². The molecule has 2 heterocycles. The molecule has 3 N–H and O–H groups in total. The van der Waals surface area contributed by atoms with Gasteiger partial charge >= 0.3 is 11.5 Å². The van der Waals surface area contributed by atoms with E-state index < -0.39 is 4.92 Å². The average Bonchev–Trinajstić information content (AvgIpc) is 3.18. The van der Waals surface area contributed by atoms with Gasteiger partial charge in [0.25, 0.3) is 0 Å². The maximum atomic E-state index is 11.3. The van der Waals surface area contributed by atoms with Gasteiger partial charge < -0.3 is 9.72 Å². The van der Waals surface area contributed by atoms with Crippen molar-refractivity contribution in [2.75, 3.05) is 19.0 Å². The smallest absolute Gasteiger partial charge is 0.357 e. The predicted octanol–water partition coefficient (Wildman–Crippen LogP) is 4.14. The molecular formula is C22H21N4O3+. The topological polar surface area (TPSA) is 94.3 Å². The largest absolute Gasteiger partial charge is 0.497 e. The number of nitrogens with zero attached hydrogens (tertiary/aromatic N) is 1. The molecule has 7 nitrogen and oxygen atoms in total. The van der Waals surface area contributed by atoms with Crippen molar-refractivity contribution in [2.45, 2.75) is 5.92 Å². The Balaban J connectivity index is 1.71. The number of ether oxygens (including phenoxy) is 1. The average molecular weight is 389 g/mol. The molecule has 0 aliphatic carbocycles. The van der Waals surface area contributed by atoms with Gasteiger partial charge in [0.15, 0.2) is 0 Å². The quantitative estimate of drug-likeness (QED) is 0.367. The number of nitrogens with one attached hydrogen (secondary N) is 3. The van der Waals surface area contributed by atoms with Gasteiger partial charge in [0.1, 0.15) is 5.75 Å². The molecule has 0 unspecified atom stereocenters. The summed E-state index contributed by atoms with van der Waals surface area (Å²) in [5, 5.41) is 15.7. The van der Waals surface area contributed by atoms with E-state index in [1.54, 1.807) is 19.4 Å². The van der Waals surface area contributed by atoms with Crippen LogP contribution in [0.25, 0.3) is 10.9 Å². The first-order valence-electron chi connectivity index (χ1n) is 9.26. The van der Waals surface area contributed by atoms with E-state index in [1.165, 1.54) is 6.07 Å². The summed E-state index contributed by atoms with van der Waals surface area (Å²) in [6, 6.07) is 19.1. The summed E-state index contributed by atoms with van der Waals surface area (Å²) in [5.74, 6) is 1.15. The second kappa shape index (κ2) is 8.02. The van der Waals surface area contributed by atoms with Gasteiger partial charge in [-0.15, -0.1) is 0 Å². The van der Waals surface area contributed by atoms with Gasteiger partial charge in [-0.1, -0.05) is 30.3 Å². The molecule has 1 atom stereocenters. The summed E-state index contributed by atoms with van der Waals surface area (Å²) in [7, 11) is 1.64. The Hall–Kier alpha value is -3.87. The third-order valence-corrected chi connectivity index (χ3v) is 5.03. The molecule has 0 radical (unpaired) electrons. The zero-order valence-electron chi connectivity index (χ0n) is 15.9. The predicted molar refractivity (Wildman–Crippen MR) is 111 cm³/mol. The van der Waals surface area contributed by atoms with Crippen LogP contribution < -0.4 is 15.0 Å². The Bertz CT molecular complexity index is 1140. The van der Waals surface area contributed by atoms with Gasteiger partial charge in [-0.2, -0.15) is 0 Å². The van der Waals surface area contributed by atoms with Crippen LogP contribution in [-0.2, 0) is 0 Å². The third kappa shape index (κ3) is 3.75. The van der Waals surface area contributed by atoms with Crippen LogP contribution in [-0.4, -0.2) is 23.6 Å². The lowest BCUT2D eigenvalue weighted by atomic mass is 9.90. The number of pyridine rings is 1. The van der Waals surface area contributed by atoms with Crippen LogP contribution in [0.3, 0.4) is 0 Å². The summed E-state index contributed by atoms with van der Waals surface area (Å²) in [6.07, 6.45) is 3.67. The molecular weight excluding hydrogens is 368 g/mol. The zero-order valence-corrected chi connectivity index (χ0v) is 15.9. The highest BCUT2D eigenvalue weighted by molar-refractivity contribution is 5.84. The molecule has 0 aliphatic rings. The number of nitro groups is 1. The first kappa shape index (κ1) is 18.5. The van der Waals surface area contributed by atoms with Crippen molar-refractivity contribution in [3.8, 4) is 5.75 Å². The van der Waals surface area contributed by atoms with Crippen LogP contribution in [0.5, 0.6) is 5.75 Å². The van der Waals surface area contributed by atoms with Gasteiger partial charge in [-0.05, 0) is 35.4 Å². The van der Waals surface area contributed by atoms with Crippen molar-refractivity contribution in [3.05, 3.63) is 94.3 Å². The molecule has 0 fully saturated rings. The number of H-pyrrole nitrogens is 2. The highest BCUT2D eigenvalue weighted by Crippen LogP contribution is 2.32. The fraction of sp³-hybridized carbons (Fsp3) is 0.136. The maximum Gasteiger partial charge on any atom is 0.357 e. The zero-order chi connectivity index (χ0) is 20.2. The molecule has 2 aromatic carbocycles. The monoisotopic (exact) mass is 389 g/mol. The second-order valence-corrected chi connectivity index (χ2v) is 6.68. The lowest BCUT2D eigenvalue weighted by Crippen LogP contribution is -2.20. The molecule has 7 heteroatoms. The Morgan fingerprint density at radius 3 is 2.69 bits per heavy atom. The highest BCUT2D eigenvalue weighted by Gasteiger charge is 2.24. The van der Waals surface area contributed by atoms with E-state index in [-0.39, 0.29) is 11.6 Å². The van der Waals surface area contributed by atoms with Gasteiger partial charge in [0.2, 0.25) is 0 Å². The number of para-hydroxylation sites is 1. The summed E-state index contributed by atoms with van der Waals surface area (Å²) >= 11 is 0. The molecule has 4 aromatic rings. The standard InChI is InChI=1S/C22H20N4O3/c1-29-16-10-8-15(9-11-16)18(19-14-24-20-6-3-2-5-17(19)20)13-25-22-21(26(27)28)7-4-12-23-22/h2-12,14,18,24H,13H2,1H3,(H,23,25)/p+1/t18-/m1/s1. The number of hydrogen-bond acceptors (Lipinski definition) is 4. The van der Waals surface area contributed by atoms with Gasteiger partial charge in [0, 0.05) is 29.1 Å².